The van der Waals surface area contributed by atoms with Gasteiger partial charge < -0.3 is 20.3 Å². The summed E-state index contributed by atoms with van der Waals surface area (Å²) >= 11 is 1.67. The SMILES string of the molecule is NC(=NCc1ccc(OCC2CC2)nc1)N1CCN(c2nccs2)CC1. The molecule has 0 spiro atoms. The van der Waals surface area contributed by atoms with Gasteiger partial charge in [0.2, 0.25) is 5.88 Å². The predicted octanol–water partition coefficient (Wildman–Crippen LogP) is 1.96. The van der Waals surface area contributed by atoms with E-state index in [0.29, 0.717) is 18.4 Å². The number of thiazole rings is 1. The van der Waals surface area contributed by atoms with Crippen LogP contribution in [0.15, 0.2) is 34.9 Å². The number of rotatable bonds is 6. The molecule has 0 amide bonds. The summed E-state index contributed by atoms with van der Waals surface area (Å²) in [4.78, 5) is 17.7. The minimum Gasteiger partial charge on any atom is -0.477 e. The van der Waals surface area contributed by atoms with Gasteiger partial charge in [0.05, 0.1) is 13.2 Å². The van der Waals surface area contributed by atoms with Crippen molar-refractivity contribution in [3.8, 4) is 5.88 Å². The van der Waals surface area contributed by atoms with Gasteiger partial charge >= 0.3 is 0 Å². The Morgan fingerprint density at radius 3 is 2.73 bits per heavy atom. The zero-order chi connectivity index (χ0) is 17.8. The summed E-state index contributed by atoms with van der Waals surface area (Å²) in [7, 11) is 0. The van der Waals surface area contributed by atoms with E-state index in [9.17, 15) is 0 Å². The maximum atomic E-state index is 6.18. The molecule has 1 aliphatic carbocycles. The van der Waals surface area contributed by atoms with E-state index in [1.165, 1.54) is 12.8 Å². The molecule has 7 nitrogen and oxygen atoms in total. The van der Waals surface area contributed by atoms with Gasteiger partial charge in [0.15, 0.2) is 11.1 Å². The highest BCUT2D eigenvalue weighted by Gasteiger charge is 2.22. The number of aromatic nitrogens is 2. The van der Waals surface area contributed by atoms with Crippen molar-refractivity contribution in [1.82, 2.24) is 14.9 Å². The van der Waals surface area contributed by atoms with Gasteiger partial charge in [-0.1, -0.05) is 6.07 Å². The lowest BCUT2D eigenvalue weighted by atomic mass is 10.3. The van der Waals surface area contributed by atoms with Crippen LogP contribution in [-0.4, -0.2) is 53.6 Å². The number of hydrogen-bond acceptors (Lipinski definition) is 6. The molecule has 2 N–H and O–H groups in total. The maximum Gasteiger partial charge on any atom is 0.213 e. The van der Waals surface area contributed by atoms with E-state index < -0.39 is 0 Å². The van der Waals surface area contributed by atoms with Crippen LogP contribution in [0.5, 0.6) is 5.88 Å². The van der Waals surface area contributed by atoms with E-state index in [2.05, 4.69) is 24.8 Å². The van der Waals surface area contributed by atoms with Crippen LogP contribution in [0.2, 0.25) is 0 Å². The molecule has 0 atom stereocenters. The third-order valence-corrected chi connectivity index (χ3v) is 5.51. The highest BCUT2D eigenvalue weighted by molar-refractivity contribution is 7.13. The summed E-state index contributed by atoms with van der Waals surface area (Å²) in [6, 6.07) is 3.92. The fourth-order valence-electron chi connectivity index (χ4n) is 2.85. The summed E-state index contributed by atoms with van der Waals surface area (Å²) in [5, 5.41) is 3.09. The minimum atomic E-state index is 0.536. The second-order valence-corrected chi connectivity index (χ2v) is 7.60. The molecular formula is C18H24N6OS. The smallest absolute Gasteiger partial charge is 0.213 e. The number of anilines is 1. The van der Waals surface area contributed by atoms with Crippen LogP contribution in [0.25, 0.3) is 0 Å². The normalized spacial score (nSPS) is 18.2. The molecule has 2 aliphatic rings. The molecule has 0 bridgehead atoms. The maximum absolute atomic E-state index is 6.18. The van der Waals surface area contributed by atoms with Gasteiger partial charge in [-0.05, 0) is 24.3 Å². The van der Waals surface area contributed by atoms with Gasteiger partial charge in [0.1, 0.15) is 0 Å². The van der Waals surface area contributed by atoms with Gasteiger partial charge in [-0.2, -0.15) is 0 Å². The molecule has 1 saturated carbocycles. The Morgan fingerprint density at radius 1 is 1.23 bits per heavy atom. The monoisotopic (exact) mass is 372 g/mol. The lowest BCUT2D eigenvalue weighted by Gasteiger charge is -2.35. The zero-order valence-corrected chi connectivity index (χ0v) is 15.6. The number of hydrogen-bond donors (Lipinski definition) is 1. The number of piperazine rings is 1. The van der Waals surface area contributed by atoms with Crippen molar-refractivity contribution in [3.05, 3.63) is 35.5 Å². The molecule has 8 heteroatoms. The van der Waals surface area contributed by atoms with Gasteiger partial charge in [-0.25, -0.2) is 15.0 Å². The van der Waals surface area contributed by atoms with Crippen molar-refractivity contribution in [2.45, 2.75) is 19.4 Å². The second kappa shape index (κ2) is 7.90. The molecule has 1 saturated heterocycles. The fourth-order valence-corrected chi connectivity index (χ4v) is 3.55. The van der Waals surface area contributed by atoms with Crippen LogP contribution < -0.4 is 15.4 Å². The number of nitrogens with zero attached hydrogens (tertiary/aromatic N) is 5. The summed E-state index contributed by atoms with van der Waals surface area (Å²) in [5.41, 5.74) is 7.21. The first kappa shape index (κ1) is 17.1. The summed E-state index contributed by atoms with van der Waals surface area (Å²) in [6.45, 7) is 4.87. The number of ether oxygens (including phenoxy) is 1. The van der Waals surface area contributed by atoms with Gasteiger partial charge in [0.25, 0.3) is 0 Å². The minimum absolute atomic E-state index is 0.536. The lowest BCUT2D eigenvalue weighted by molar-refractivity contribution is 0.288. The van der Waals surface area contributed by atoms with Gasteiger partial charge in [-0.3, -0.25) is 0 Å². The quantitative estimate of drug-likeness (QED) is 0.617. The molecule has 138 valence electrons. The predicted molar refractivity (Wildman–Crippen MR) is 104 cm³/mol. The van der Waals surface area contributed by atoms with E-state index in [4.69, 9.17) is 10.5 Å². The first-order chi connectivity index (χ1) is 12.8. The van der Waals surface area contributed by atoms with Crippen LogP contribution in [0, 0.1) is 5.92 Å². The molecule has 26 heavy (non-hydrogen) atoms. The van der Waals surface area contributed by atoms with Crippen molar-refractivity contribution in [2.75, 3.05) is 37.7 Å². The summed E-state index contributed by atoms with van der Waals surface area (Å²) in [6.07, 6.45) is 6.23. The van der Waals surface area contributed by atoms with Crippen molar-refractivity contribution in [3.63, 3.8) is 0 Å². The fraction of sp³-hybridized carbons (Fsp3) is 0.500. The number of guanidine groups is 1. The Hall–Kier alpha value is -2.35. The number of pyridine rings is 1. The molecule has 0 aromatic carbocycles. The third-order valence-electron chi connectivity index (χ3n) is 4.68. The van der Waals surface area contributed by atoms with Crippen LogP contribution >= 0.6 is 11.3 Å². The summed E-state index contributed by atoms with van der Waals surface area (Å²) < 4.78 is 5.66. The zero-order valence-electron chi connectivity index (χ0n) is 14.8. The largest absolute Gasteiger partial charge is 0.477 e. The molecule has 0 unspecified atom stereocenters. The Balaban J connectivity index is 1.25. The first-order valence-corrected chi connectivity index (χ1v) is 9.93. The second-order valence-electron chi connectivity index (χ2n) is 6.72. The highest BCUT2D eigenvalue weighted by Crippen LogP contribution is 2.29. The Labute approximate surface area is 157 Å². The standard InChI is InChI=1S/C18H24N6OS/c19-17(23-6-8-24(9-7-23)18-20-5-10-26-18)22-12-15-3-4-16(21-11-15)25-13-14-1-2-14/h3-5,10-11,14H,1-2,6-9,12-13H2,(H2,19,22). The van der Waals surface area contributed by atoms with Gasteiger partial charge in [-0.15, -0.1) is 11.3 Å². The molecule has 3 heterocycles. The van der Waals surface area contributed by atoms with Gasteiger partial charge in [0, 0.05) is 50.0 Å². The molecular weight excluding hydrogens is 348 g/mol. The van der Waals surface area contributed by atoms with Crippen molar-refractivity contribution >= 4 is 22.4 Å². The van der Waals surface area contributed by atoms with E-state index >= 15 is 0 Å². The summed E-state index contributed by atoms with van der Waals surface area (Å²) in [5.74, 6) is 2.02. The Bertz CT molecular complexity index is 721. The van der Waals surface area contributed by atoms with E-state index in [0.717, 1.165) is 49.4 Å². The third kappa shape index (κ3) is 4.43. The molecule has 2 aromatic rings. The van der Waals surface area contributed by atoms with Crippen molar-refractivity contribution in [2.24, 2.45) is 16.6 Å². The highest BCUT2D eigenvalue weighted by atomic mass is 32.1. The Morgan fingerprint density at radius 2 is 2.08 bits per heavy atom. The average molecular weight is 372 g/mol. The number of nitrogens with two attached hydrogens (primary N) is 1. The topological polar surface area (TPSA) is 79.9 Å². The van der Waals surface area contributed by atoms with E-state index in [1.807, 2.05) is 29.9 Å². The lowest BCUT2D eigenvalue weighted by Crippen LogP contribution is -2.51. The van der Waals surface area contributed by atoms with Crippen molar-refractivity contribution < 1.29 is 4.74 Å². The molecule has 2 aromatic heterocycles. The average Bonchev–Trinajstić information content (AvgIpc) is 3.36. The molecule has 4 rings (SSSR count). The molecule has 2 fully saturated rings. The first-order valence-electron chi connectivity index (χ1n) is 9.05. The number of aliphatic imine (C=N–C) groups is 1. The van der Waals surface area contributed by atoms with E-state index in [-0.39, 0.29) is 0 Å². The van der Waals surface area contributed by atoms with Crippen LogP contribution in [0.3, 0.4) is 0 Å². The van der Waals surface area contributed by atoms with Crippen LogP contribution in [-0.2, 0) is 6.54 Å². The Kier molecular flexibility index (Phi) is 5.19. The van der Waals surface area contributed by atoms with Crippen molar-refractivity contribution in [1.29, 1.82) is 0 Å². The van der Waals surface area contributed by atoms with E-state index in [1.54, 1.807) is 11.3 Å². The van der Waals surface area contributed by atoms with Crippen LogP contribution in [0.1, 0.15) is 18.4 Å². The molecule has 0 radical (unpaired) electrons. The molecule has 1 aliphatic heterocycles. The van der Waals surface area contributed by atoms with Crippen LogP contribution in [0.4, 0.5) is 5.13 Å².